The molecule has 0 aliphatic carbocycles. The number of thioether (sulfide) groups is 1. The summed E-state index contributed by atoms with van der Waals surface area (Å²) in [4.78, 5) is 19.3. The van der Waals surface area contributed by atoms with Gasteiger partial charge in [0.2, 0.25) is 5.91 Å². The van der Waals surface area contributed by atoms with Gasteiger partial charge in [-0.2, -0.15) is 0 Å². The van der Waals surface area contributed by atoms with E-state index in [0.29, 0.717) is 29.9 Å². The number of amidine groups is 1. The highest BCUT2D eigenvalue weighted by molar-refractivity contribution is 8.16. The Morgan fingerprint density at radius 3 is 2.88 bits per heavy atom. The zero-order valence-electron chi connectivity index (χ0n) is 14.6. The maximum absolute atomic E-state index is 10.8. The van der Waals surface area contributed by atoms with E-state index >= 15 is 0 Å². The fourth-order valence-electron chi connectivity index (χ4n) is 1.96. The second kappa shape index (κ2) is 10.9. The van der Waals surface area contributed by atoms with Gasteiger partial charge in [0.15, 0.2) is 16.7 Å². The summed E-state index contributed by atoms with van der Waals surface area (Å²) in [6.45, 7) is 2.53. The predicted molar refractivity (Wildman–Crippen MR) is 106 cm³/mol. The van der Waals surface area contributed by atoms with Gasteiger partial charge in [0.25, 0.3) is 0 Å². The molecule has 2 aromatic rings. The van der Waals surface area contributed by atoms with Crippen molar-refractivity contribution < 1.29 is 9.53 Å². The quantitative estimate of drug-likeness (QED) is 0.422. The van der Waals surface area contributed by atoms with Gasteiger partial charge in [-0.15, -0.1) is 0 Å². The van der Waals surface area contributed by atoms with Crippen LogP contribution < -0.4 is 15.8 Å². The molecule has 0 aliphatic rings. The third-order valence-corrected chi connectivity index (χ3v) is 3.84. The van der Waals surface area contributed by atoms with E-state index in [1.165, 1.54) is 18.7 Å². The molecule has 0 spiro atoms. The van der Waals surface area contributed by atoms with Crippen LogP contribution in [0.4, 0.5) is 5.82 Å². The maximum Gasteiger partial charge on any atom is 0.216 e. The molecule has 1 aromatic carbocycles. The van der Waals surface area contributed by atoms with Crippen LogP contribution in [0, 0.1) is 0 Å². The van der Waals surface area contributed by atoms with Crippen molar-refractivity contribution in [3.05, 3.63) is 65.7 Å². The Hall–Kier alpha value is -2.80. The van der Waals surface area contributed by atoms with Crippen LogP contribution in [0.3, 0.4) is 0 Å². The molecule has 7 heteroatoms. The van der Waals surface area contributed by atoms with Crippen molar-refractivity contribution in [2.45, 2.75) is 20.0 Å². The number of nitrogens with zero attached hydrogens (tertiary/aromatic N) is 2. The largest absolute Gasteiger partial charge is 0.485 e. The first-order valence-corrected chi connectivity index (χ1v) is 9.05. The fraction of sp³-hybridized carbons (Fsp3) is 0.211. The van der Waals surface area contributed by atoms with Crippen LogP contribution in [-0.2, 0) is 11.4 Å². The van der Waals surface area contributed by atoms with Crippen LogP contribution in [0.15, 0.2) is 65.1 Å². The Balaban J connectivity index is 1.90. The highest BCUT2D eigenvalue weighted by atomic mass is 32.2. The van der Waals surface area contributed by atoms with Crippen LogP contribution in [0.5, 0.6) is 5.75 Å². The lowest BCUT2D eigenvalue weighted by atomic mass is 10.2. The van der Waals surface area contributed by atoms with Gasteiger partial charge in [0, 0.05) is 19.7 Å². The third kappa shape index (κ3) is 7.40. The Morgan fingerprint density at radius 2 is 2.12 bits per heavy atom. The van der Waals surface area contributed by atoms with E-state index in [1.807, 2.05) is 47.9 Å². The molecule has 0 saturated heterocycles. The van der Waals surface area contributed by atoms with E-state index in [-0.39, 0.29) is 5.91 Å². The Morgan fingerprint density at radius 1 is 1.31 bits per heavy atom. The normalized spacial score (nSPS) is 11.5. The number of nitrogens with one attached hydrogen (secondary N) is 1. The summed E-state index contributed by atoms with van der Waals surface area (Å²) < 4.78 is 5.81. The molecule has 6 nitrogen and oxygen atoms in total. The number of aromatic nitrogens is 1. The minimum Gasteiger partial charge on any atom is -0.485 e. The molecule has 2 rings (SSSR count). The van der Waals surface area contributed by atoms with Gasteiger partial charge in [0.1, 0.15) is 6.61 Å². The molecular formula is C19H22N4O2S. The third-order valence-electron chi connectivity index (χ3n) is 3.17. The van der Waals surface area contributed by atoms with Gasteiger partial charge in [-0.05, 0) is 29.5 Å². The average molecular weight is 370 g/mol. The molecule has 0 radical (unpaired) electrons. The summed E-state index contributed by atoms with van der Waals surface area (Å²) >= 11 is 1.29. The van der Waals surface area contributed by atoms with Crippen molar-refractivity contribution in [3.8, 4) is 5.75 Å². The predicted octanol–water partition coefficient (Wildman–Crippen LogP) is 3.38. The van der Waals surface area contributed by atoms with Crippen molar-refractivity contribution in [2.75, 3.05) is 6.54 Å². The molecule has 136 valence electrons. The zero-order chi connectivity index (χ0) is 18.6. The van der Waals surface area contributed by atoms with Crippen LogP contribution in [0.25, 0.3) is 0 Å². The van der Waals surface area contributed by atoms with Crippen molar-refractivity contribution in [2.24, 2.45) is 10.7 Å². The summed E-state index contributed by atoms with van der Waals surface area (Å²) in [7, 11) is 0. The van der Waals surface area contributed by atoms with Gasteiger partial charge in [0.05, 0.1) is 0 Å². The number of carbonyl (C=O) groups is 1. The number of amides is 1. The average Bonchev–Trinajstić information content (AvgIpc) is 2.64. The van der Waals surface area contributed by atoms with Crippen LogP contribution >= 0.6 is 11.8 Å². The van der Waals surface area contributed by atoms with Crippen molar-refractivity contribution in [1.82, 2.24) is 10.3 Å². The fourth-order valence-corrected chi connectivity index (χ4v) is 2.47. The lowest BCUT2D eigenvalue weighted by molar-refractivity contribution is -0.118. The first-order chi connectivity index (χ1) is 12.6. The molecule has 0 fully saturated rings. The second-order valence-corrected chi connectivity index (χ2v) is 6.24. The molecule has 0 saturated carbocycles. The van der Waals surface area contributed by atoms with Gasteiger partial charge >= 0.3 is 0 Å². The summed E-state index contributed by atoms with van der Waals surface area (Å²) in [5.41, 5.74) is 7.01. The van der Waals surface area contributed by atoms with Gasteiger partial charge < -0.3 is 15.8 Å². The Bertz CT molecular complexity index is 763. The smallest absolute Gasteiger partial charge is 0.216 e. The van der Waals surface area contributed by atoms with Gasteiger partial charge in [-0.25, -0.2) is 9.98 Å². The maximum atomic E-state index is 10.8. The molecule has 1 aromatic heterocycles. The number of ether oxygens (including phenoxy) is 1. The standard InChI is InChI=1S/C19H22N4O2S/c1-15(24)21-11-5-6-13-26-19(20)23-18-17(10-7-12-22-18)25-14-16-8-3-2-4-9-16/h2-4,6-10,12-13H,5,11,14H2,1H3,(H,21,24)(H2,20,22,23)/b13-6+. The molecule has 0 aliphatic heterocycles. The second-order valence-electron chi connectivity index (χ2n) is 5.31. The zero-order valence-corrected chi connectivity index (χ0v) is 15.4. The number of benzene rings is 1. The minimum absolute atomic E-state index is 0.0367. The highest BCUT2D eigenvalue weighted by Crippen LogP contribution is 2.26. The lowest BCUT2D eigenvalue weighted by Crippen LogP contribution is -2.20. The molecular weight excluding hydrogens is 348 g/mol. The summed E-state index contributed by atoms with van der Waals surface area (Å²) in [5, 5.41) is 4.93. The van der Waals surface area contributed by atoms with E-state index < -0.39 is 0 Å². The minimum atomic E-state index is -0.0367. The Labute approximate surface area is 157 Å². The lowest BCUT2D eigenvalue weighted by Gasteiger charge is -2.08. The van der Waals surface area contributed by atoms with Crippen molar-refractivity contribution >= 4 is 28.7 Å². The molecule has 26 heavy (non-hydrogen) atoms. The van der Waals surface area contributed by atoms with E-state index in [0.717, 1.165) is 12.0 Å². The monoisotopic (exact) mass is 370 g/mol. The van der Waals surface area contributed by atoms with Gasteiger partial charge in [-0.3, -0.25) is 4.79 Å². The van der Waals surface area contributed by atoms with Crippen LogP contribution in [0.2, 0.25) is 0 Å². The first-order valence-electron chi connectivity index (χ1n) is 8.17. The first kappa shape index (κ1) is 19.5. The number of aliphatic imine (C=N–C) groups is 1. The van der Waals surface area contributed by atoms with Crippen LogP contribution in [-0.4, -0.2) is 22.6 Å². The van der Waals surface area contributed by atoms with Crippen molar-refractivity contribution in [1.29, 1.82) is 0 Å². The Kier molecular flexibility index (Phi) is 8.21. The number of rotatable bonds is 8. The summed E-state index contributed by atoms with van der Waals surface area (Å²) in [5.74, 6) is 0.986. The molecule has 0 unspecified atom stereocenters. The number of carbonyl (C=O) groups excluding carboxylic acids is 1. The molecule has 1 amide bonds. The topological polar surface area (TPSA) is 89.6 Å². The molecule has 1 heterocycles. The summed E-state index contributed by atoms with van der Waals surface area (Å²) in [6.07, 6.45) is 4.30. The van der Waals surface area contributed by atoms with E-state index in [2.05, 4.69) is 15.3 Å². The van der Waals surface area contributed by atoms with Crippen molar-refractivity contribution in [3.63, 3.8) is 0 Å². The number of nitrogens with two attached hydrogens (primary N) is 1. The van der Waals surface area contributed by atoms with Gasteiger partial charge in [-0.1, -0.05) is 48.2 Å². The van der Waals surface area contributed by atoms with E-state index in [1.54, 1.807) is 12.3 Å². The van der Waals surface area contributed by atoms with Crippen LogP contribution in [0.1, 0.15) is 18.9 Å². The number of hydrogen-bond acceptors (Lipinski definition) is 5. The number of pyridine rings is 1. The molecule has 0 atom stereocenters. The van der Waals surface area contributed by atoms with E-state index in [4.69, 9.17) is 10.5 Å². The molecule has 3 N–H and O–H groups in total. The van der Waals surface area contributed by atoms with E-state index in [9.17, 15) is 4.79 Å². The summed E-state index contributed by atoms with van der Waals surface area (Å²) in [6, 6.07) is 13.5. The molecule has 0 bridgehead atoms. The highest BCUT2D eigenvalue weighted by Gasteiger charge is 2.05. The number of hydrogen-bond donors (Lipinski definition) is 2. The SMILES string of the molecule is CC(=O)NCC/C=C/S/C(N)=N\c1ncccc1OCc1ccccc1.